The molecule has 1 N–H and O–H groups in total. The molecule has 27 heavy (non-hydrogen) atoms. The van der Waals surface area contributed by atoms with E-state index in [9.17, 15) is 4.10 Å². The van der Waals surface area contributed by atoms with Crippen LogP contribution in [0.4, 0.5) is 0 Å². The molecule has 0 radical (unpaired) electrons. The van der Waals surface area contributed by atoms with E-state index in [0.717, 1.165) is 23.0 Å². The van der Waals surface area contributed by atoms with E-state index in [2.05, 4.69) is 55.5 Å². The summed E-state index contributed by atoms with van der Waals surface area (Å²) < 4.78 is 17.3. The van der Waals surface area contributed by atoms with Gasteiger partial charge in [0.25, 0.3) is 0 Å². The first kappa shape index (κ1) is 17.8. The second-order valence-electron chi connectivity index (χ2n) is 6.86. The summed E-state index contributed by atoms with van der Waals surface area (Å²) in [7, 11) is 0. The normalized spacial score (nSPS) is 12.9. The third-order valence-corrected chi connectivity index (χ3v) is 16.6. The number of aryl methyl sites for hydroxylation is 1. The zero-order chi connectivity index (χ0) is 18.8. The maximum absolute atomic E-state index is 13.2. The SMILES string of the molecule is Cc1ccccc1[As](O)(c1ccccc1)(c1ccccc1)c1ccccc1. The minimum atomic E-state index is -4.61. The van der Waals surface area contributed by atoms with Crippen LogP contribution in [0.2, 0.25) is 0 Å². The van der Waals surface area contributed by atoms with Crippen LogP contribution in [0.25, 0.3) is 0 Å². The number of hydrogen-bond donors (Lipinski definition) is 1. The van der Waals surface area contributed by atoms with E-state index in [1.54, 1.807) is 0 Å². The van der Waals surface area contributed by atoms with Gasteiger partial charge in [-0.15, -0.1) is 0 Å². The second kappa shape index (κ2) is 6.85. The predicted molar refractivity (Wildman–Crippen MR) is 117 cm³/mol. The van der Waals surface area contributed by atoms with Crippen molar-refractivity contribution in [3.63, 3.8) is 0 Å². The van der Waals surface area contributed by atoms with E-state index in [4.69, 9.17) is 0 Å². The van der Waals surface area contributed by atoms with Crippen molar-refractivity contribution in [2.45, 2.75) is 6.92 Å². The Hall–Kier alpha value is -2.60. The molecular weight excluding hydrogens is 391 g/mol. The standard InChI is InChI=1S/C25H23AsO/c1-21-13-11-12-20-25(21)26(27,22-14-5-2-6-15-22,23-16-7-3-8-17-23)24-18-9-4-10-19-24/h2-20,27H,1H3. The van der Waals surface area contributed by atoms with Gasteiger partial charge in [-0.25, -0.2) is 0 Å². The molecule has 0 aliphatic heterocycles. The first-order chi connectivity index (χ1) is 13.2. The van der Waals surface area contributed by atoms with Crippen molar-refractivity contribution in [3.05, 3.63) is 121 Å². The molecule has 1 nitrogen and oxygen atoms in total. The van der Waals surface area contributed by atoms with Crippen LogP contribution in [-0.2, 0) is 0 Å². The van der Waals surface area contributed by atoms with Crippen LogP contribution in [-0.4, -0.2) is 16.9 Å². The monoisotopic (exact) mass is 414 g/mol. The summed E-state index contributed by atoms with van der Waals surface area (Å²) in [6.07, 6.45) is 0. The Balaban J connectivity index is 2.26. The van der Waals surface area contributed by atoms with Gasteiger partial charge in [0.15, 0.2) is 0 Å². The molecule has 0 aliphatic rings. The molecule has 0 amide bonds. The van der Waals surface area contributed by atoms with Crippen molar-refractivity contribution in [2.75, 3.05) is 0 Å². The van der Waals surface area contributed by atoms with Crippen molar-refractivity contribution in [2.24, 2.45) is 0 Å². The molecule has 0 unspecified atom stereocenters. The molecule has 0 fully saturated rings. The van der Waals surface area contributed by atoms with Gasteiger partial charge in [-0.05, 0) is 0 Å². The first-order valence-electron chi connectivity index (χ1n) is 9.15. The first-order valence-corrected chi connectivity index (χ1v) is 13.7. The third kappa shape index (κ3) is 2.58. The topological polar surface area (TPSA) is 20.2 Å². The Kier molecular flexibility index (Phi) is 4.51. The van der Waals surface area contributed by atoms with Crippen LogP contribution in [0.15, 0.2) is 115 Å². The van der Waals surface area contributed by atoms with E-state index in [1.165, 1.54) is 0 Å². The van der Waals surface area contributed by atoms with Crippen LogP contribution in [0.5, 0.6) is 0 Å². The summed E-state index contributed by atoms with van der Waals surface area (Å²) in [5.41, 5.74) is 1.11. The average Bonchev–Trinajstić information content (AvgIpc) is 2.75. The number of benzene rings is 4. The van der Waals surface area contributed by atoms with Gasteiger partial charge in [-0.1, -0.05) is 0 Å². The van der Waals surface area contributed by atoms with Gasteiger partial charge in [-0.2, -0.15) is 0 Å². The molecule has 0 heterocycles. The average molecular weight is 414 g/mol. The molecule has 0 saturated heterocycles. The van der Waals surface area contributed by atoms with Crippen LogP contribution in [0, 0.1) is 6.92 Å². The molecule has 134 valence electrons. The molecule has 0 aliphatic carbocycles. The van der Waals surface area contributed by atoms with E-state index in [0.29, 0.717) is 0 Å². The van der Waals surface area contributed by atoms with Gasteiger partial charge < -0.3 is 0 Å². The molecule has 2 heteroatoms. The fourth-order valence-corrected chi connectivity index (χ4v) is 14.8. The summed E-state index contributed by atoms with van der Waals surface area (Å²) >= 11 is -4.61. The quantitative estimate of drug-likeness (QED) is 0.510. The number of rotatable bonds is 4. The van der Waals surface area contributed by atoms with E-state index in [-0.39, 0.29) is 0 Å². The molecule has 0 spiro atoms. The predicted octanol–water partition coefficient (Wildman–Crippen LogP) is 2.82. The molecule has 0 saturated carbocycles. The number of hydrogen-bond acceptors (Lipinski definition) is 1. The van der Waals surface area contributed by atoms with Gasteiger partial charge in [0.2, 0.25) is 0 Å². The Labute approximate surface area is 161 Å². The van der Waals surface area contributed by atoms with E-state index < -0.39 is 12.8 Å². The Morgan fingerprint density at radius 2 is 0.815 bits per heavy atom. The summed E-state index contributed by atoms with van der Waals surface area (Å²) in [4.78, 5) is 0. The van der Waals surface area contributed by atoms with Crippen LogP contribution < -0.4 is 17.4 Å². The van der Waals surface area contributed by atoms with Crippen molar-refractivity contribution >= 4 is 30.2 Å². The maximum atomic E-state index is 13.2. The fraction of sp³-hybridized carbons (Fsp3) is 0.0400. The fourth-order valence-electron chi connectivity index (χ4n) is 4.07. The van der Waals surface area contributed by atoms with Crippen molar-refractivity contribution < 1.29 is 4.10 Å². The second-order valence-corrected chi connectivity index (χ2v) is 15.6. The Morgan fingerprint density at radius 3 is 1.19 bits per heavy atom. The molecule has 4 aromatic carbocycles. The minimum absolute atomic E-state index is 1.00. The van der Waals surface area contributed by atoms with Crippen LogP contribution >= 0.6 is 0 Å². The molecule has 0 atom stereocenters. The van der Waals surface area contributed by atoms with Crippen molar-refractivity contribution in [1.82, 2.24) is 0 Å². The summed E-state index contributed by atoms with van der Waals surface area (Å²) in [5, 5.41) is 0. The van der Waals surface area contributed by atoms with Gasteiger partial charge in [0.1, 0.15) is 0 Å². The Morgan fingerprint density at radius 1 is 0.481 bits per heavy atom. The summed E-state index contributed by atoms with van der Waals surface area (Å²) in [5.74, 6) is 0. The third-order valence-electron chi connectivity index (χ3n) is 5.36. The van der Waals surface area contributed by atoms with Gasteiger partial charge in [-0.3, -0.25) is 0 Å². The molecule has 0 aromatic heterocycles. The van der Waals surface area contributed by atoms with Gasteiger partial charge in [0.05, 0.1) is 0 Å². The van der Waals surface area contributed by atoms with Crippen LogP contribution in [0.3, 0.4) is 0 Å². The zero-order valence-corrected chi connectivity index (χ0v) is 17.2. The van der Waals surface area contributed by atoms with E-state index in [1.807, 2.05) is 66.7 Å². The van der Waals surface area contributed by atoms with E-state index >= 15 is 0 Å². The zero-order valence-electron chi connectivity index (χ0n) is 15.4. The molecule has 4 aromatic rings. The summed E-state index contributed by atoms with van der Waals surface area (Å²) in [6, 6.07) is 38.9. The van der Waals surface area contributed by atoms with Crippen molar-refractivity contribution in [1.29, 1.82) is 0 Å². The van der Waals surface area contributed by atoms with Crippen molar-refractivity contribution in [3.8, 4) is 0 Å². The van der Waals surface area contributed by atoms with Gasteiger partial charge >= 0.3 is 162 Å². The molecule has 4 rings (SSSR count). The molecule has 0 bridgehead atoms. The van der Waals surface area contributed by atoms with Gasteiger partial charge in [0, 0.05) is 0 Å². The summed E-state index contributed by atoms with van der Waals surface area (Å²) in [6.45, 7) is 2.10. The van der Waals surface area contributed by atoms with Crippen LogP contribution in [0.1, 0.15) is 5.56 Å². The molecular formula is C25H23AsO. The Bertz CT molecular complexity index is 944.